The van der Waals surface area contributed by atoms with Crippen molar-refractivity contribution >= 4 is 0 Å². The number of hydrogen-bond donors (Lipinski definition) is 0. The largest absolute Gasteiger partial charge is 0.361 e. The molecule has 1 aliphatic rings. The Balaban J connectivity index is 1.59. The highest BCUT2D eigenvalue weighted by molar-refractivity contribution is 5.50. The van der Waals surface area contributed by atoms with Crippen LogP contribution in [0, 0.1) is 13.8 Å². The van der Waals surface area contributed by atoms with Gasteiger partial charge in [-0.05, 0) is 45.2 Å². The molecule has 1 aliphatic carbocycles. The van der Waals surface area contributed by atoms with Gasteiger partial charge in [0.25, 0.3) is 11.4 Å². The molecule has 1 saturated carbocycles. The Kier molecular flexibility index (Phi) is 3.55. The van der Waals surface area contributed by atoms with Gasteiger partial charge in [0, 0.05) is 24.2 Å². The number of aromatic nitrogens is 4. The minimum Gasteiger partial charge on any atom is -0.361 e. The molecule has 0 spiro atoms. The molecule has 0 atom stereocenters. The van der Waals surface area contributed by atoms with E-state index in [2.05, 4.69) is 15.3 Å². The van der Waals surface area contributed by atoms with E-state index in [1.807, 2.05) is 19.9 Å². The molecule has 0 bridgehead atoms. The lowest BCUT2D eigenvalue weighted by molar-refractivity contribution is 0.392. The second-order valence-electron chi connectivity index (χ2n) is 6.21. The fourth-order valence-corrected chi connectivity index (χ4v) is 2.82. The molecule has 3 aromatic rings. The predicted octanol–water partition coefficient (Wildman–Crippen LogP) is 2.62. The number of rotatable bonds is 5. The maximum atomic E-state index is 12.7. The van der Waals surface area contributed by atoms with Gasteiger partial charge < -0.3 is 13.6 Å². The van der Waals surface area contributed by atoms with Gasteiger partial charge in [-0.3, -0.25) is 4.79 Å². The Morgan fingerprint density at radius 2 is 2.08 bits per heavy atom. The van der Waals surface area contributed by atoms with Crippen molar-refractivity contribution in [3.05, 3.63) is 51.5 Å². The van der Waals surface area contributed by atoms with Crippen molar-refractivity contribution in [2.24, 2.45) is 0 Å². The molecule has 0 aromatic carbocycles. The van der Waals surface area contributed by atoms with Gasteiger partial charge >= 0.3 is 0 Å². The Hall–Kier alpha value is -2.70. The van der Waals surface area contributed by atoms with Gasteiger partial charge in [0.1, 0.15) is 11.3 Å². The summed E-state index contributed by atoms with van der Waals surface area (Å²) in [7, 11) is 0. The van der Waals surface area contributed by atoms with E-state index in [1.165, 1.54) is 0 Å². The summed E-state index contributed by atoms with van der Waals surface area (Å²) in [6, 6.07) is 3.55. The number of nitrogens with zero attached hydrogens (tertiary/aromatic N) is 4. The third-order valence-electron chi connectivity index (χ3n) is 4.42. The van der Waals surface area contributed by atoms with Crippen LogP contribution in [0.4, 0.5) is 0 Å². The third-order valence-corrected chi connectivity index (χ3v) is 4.42. The van der Waals surface area contributed by atoms with Crippen molar-refractivity contribution < 1.29 is 9.05 Å². The topological polar surface area (TPSA) is 86.9 Å². The van der Waals surface area contributed by atoms with Crippen LogP contribution in [0.2, 0.25) is 0 Å². The summed E-state index contributed by atoms with van der Waals surface area (Å²) < 4.78 is 12.1. The van der Waals surface area contributed by atoms with Crippen molar-refractivity contribution in [1.29, 1.82) is 0 Å². The summed E-state index contributed by atoms with van der Waals surface area (Å²) >= 11 is 0. The zero-order valence-electron chi connectivity index (χ0n) is 13.7. The first-order valence-corrected chi connectivity index (χ1v) is 8.08. The Bertz CT molecular complexity index is 914. The average molecular weight is 326 g/mol. The van der Waals surface area contributed by atoms with Crippen molar-refractivity contribution in [3.63, 3.8) is 0 Å². The van der Waals surface area contributed by atoms with Crippen LogP contribution in [-0.4, -0.2) is 19.9 Å². The highest BCUT2D eigenvalue weighted by Gasteiger charge is 2.29. The standard InChI is InChI=1S/C17H18N4O3/c1-10-13(11(2)23-19-10)7-9-21-8-3-4-14(17(21)22)16-18-15(20-24-16)12-5-6-12/h3-4,8,12H,5-7,9H2,1-2H3. The van der Waals surface area contributed by atoms with Gasteiger partial charge in [0.2, 0.25) is 0 Å². The fraction of sp³-hybridized carbons (Fsp3) is 0.412. The Morgan fingerprint density at radius 3 is 2.79 bits per heavy atom. The molecule has 0 unspecified atom stereocenters. The Labute approximate surface area is 138 Å². The lowest BCUT2D eigenvalue weighted by Crippen LogP contribution is -2.22. The summed E-state index contributed by atoms with van der Waals surface area (Å²) in [5.41, 5.74) is 2.22. The van der Waals surface area contributed by atoms with E-state index >= 15 is 0 Å². The average Bonchev–Trinajstić information content (AvgIpc) is 3.23. The van der Waals surface area contributed by atoms with Crippen LogP contribution in [0.5, 0.6) is 0 Å². The molecule has 7 nitrogen and oxygen atoms in total. The minimum absolute atomic E-state index is 0.129. The van der Waals surface area contributed by atoms with Crippen molar-refractivity contribution in [3.8, 4) is 11.5 Å². The van der Waals surface area contributed by atoms with Gasteiger partial charge in [-0.2, -0.15) is 4.98 Å². The van der Waals surface area contributed by atoms with Gasteiger partial charge in [-0.15, -0.1) is 0 Å². The summed E-state index contributed by atoms with van der Waals surface area (Å²) in [5, 5.41) is 7.93. The SMILES string of the molecule is Cc1noc(C)c1CCn1cccc(-c2nc(C3CC3)no2)c1=O. The van der Waals surface area contributed by atoms with Crippen LogP contribution in [0.15, 0.2) is 32.2 Å². The number of aryl methyl sites for hydroxylation is 3. The van der Waals surface area contributed by atoms with Crippen LogP contribution >= 0.6 is 0 Å². The van der Waals surface area contributed by atoms with Gasteiger partial charge in [0.05, 0.1) is 5.69 Å². The van der Waals surface area contributed by atoms with Crippen molar-refractivity contribution in [1.82, 2.24) is 19.9 Å². The molecule has 0 amide bonds. The summed E-state index contributed by atoms with van der Waals surface area (Å²) in [4.78, 5) is 17.1. The lowest BCUT2D eigenvalue weighted by atomic mass is 10.1. The molecule has 0 N–H and O–H groups in total. The molecule has 0 aliphatic heterocycles. The highest BCUT2D eigenvalue weighted by Crippen LogP contribution is 2.38. The quantitative estimate of drug-likeness (QED) is 0.716. The zero-order valence-corrected chi connectivity index (χ0v) is 13.7. The molecule has 3 aromatic heterocycles. The lowest BCUT2D eigenvalue weighted by Gasteiger charge is -2.06. The molecule has 7 heteroatoms. The summed E-state index contributed by atoms with van der Waals surface area (Å²) in [5.74, 6) is 2.19. The van der Waals surface area contributed by atoms with Crippen LogP contribution < -0.4 is 5.56 Å². The first-order valence-electron chi connectivity index (χ1n) is 8.08. The predicted molar refractivity (Wildman–Crippen MR) is 85.7 cm³/mol. The molecule has 1 fully saturated rings. The first kappa shape index (κ1) is 14.9. The molecular formula is C17H18N4O3. The van der Waals surface area contributed by atoms with Crippen molar-refractivity contribution in [2.75, 3.05) is 0 Å². The van der Waals surface area contributed by atoms with E-state index in [9.17, 15) is 4.79 Å². The Morgan fingerprint density at radius 1 is 1.25 bits per heavy atom. The molecular weight excluding hydrogens is 308 g/mol. The first-order chi connectivity index (χ1) is 11.6. The van der Waals surface area contributed by atoms with E-state index in [0.717, 1.165) is 29.9 Å². The molecule has 0 saturated heterocycles. The summed E-state index contributed by atoms with van der Waals surface area (Å²) in [6.07, 6.45) is 4.63. The van der Waals surface area contributed by atoms with E-state index < -0.39 is 0 Å². The van der Waals surface area contributed by atoms with Crippen molar-refractivity contribution in [2.45, 2.75) is 45.6 Å². The maximum Gasteiger partial charge on any atom is 0.263 e. The van der Waals surface area contributed by atoms with Crippen LogP contribution in [0.25, 0.3) is 11.5 Å². The highest BCUT2D eigenvalue weighted by atomic mass is 16.5. The fourth-order valence-electron chi connectivity index (χ4n) is 2.82. The van der Waals surface area contributed by atoms with Crippen LogP contribution in [-0.2, 0) is 13.0 Å². The summed E-state index contributed by atoms with van der Waals surface area (Å²) in [6.45, 7) is 4.33. The van der Waals surface area contributed by atoms with E-state index in [-0.39, 0.29) is 5.56 Å². The second kappa shape index (κ2) is 5.74. The van der Waals surface area contributed by atoms with E-state index in [1.54, 1.807) is 16.8 Å². The molecule has 124 valence electrons. The monoisotopic (exact) mass is 326 g/mol. The second-order valence-corrected chi connectivity index (χ2v) is 6.21. The van der Waals surface area contributed by atoms with E-state index in [0.29, 0.717) is 36.2 Å². The number of hydrogen-bond acceptors (Lipinski definition) is 6. The van der Waals surface area contributed by atoms with Crippen LogP contribution in [0.1, 0.15) is 41.6 Å². The van der Waals surface area contributed by atoms with Gasteiger partial charge in [-0.25, -0.2) is 0 Å². The number of pyridine rings is 1. The molecule has 3 heterocycles. The smallest absolute Gasteiger partial charge is 0.263 e. The maximum absolute atomic E-state index is 12.7. The zero-order chi connectivity index (χ0) is 16.7. The normalized spacial score (nSPS) is 14.2. The van der Waals surface area contributed by atoms with Gasteiger partial charge in [0.15, 0.2) is 5.82 Å². The minimum atomic E-state index is -0.129. The molecule has 0 radical (unpaired) electrons. The molecule has 24 heavy (non-hydrogen) atoms. The third kappa shape index (κ3) is 2.66. The van der Waals surface area contributed by atoms with E-state index in [4.69, 9.17) is 9.05 Å². The van der Waals surface area contributed by atoms with Crippen LogP contribution in [0.3, 0.4) is 0 Å². The molecule has 4 rings (SSSR count). The van der Waals surface area contributed by atoms with Gasteiger partial charge in [-0.1, -0.05) is 10.3 Å².